The van der Waals surface area contributed by atoms with E-state index in [9.17, 15) is 9.59 Å². The predicted octanol–water partition coefficient (Wildman–Crippen LogP) is 0.891. The molecule has 2 rings (SSSR count). The third-order valence-electron chi connectivity index (χ3n) is 2.80. The van der Waals surface area contributed by atoms with Crippen molar-refractivity contribution in [2.45, 2.75) is 13.5 Å². The zero-order valence-electron chi connectivity index (χ0n) is 11.9. The van der Waals surface area contributed by atoms with E-state index in [4.69, 9.17) is 5.73 Å². The van der Waals surface area contributed by atoms with Crippen molar-refractivity contribution in [1.82, 2.24) is 15.1 Å². The molecule has 110 valence electrons. The highest BCUT2D eigenvalue weighted by atomic mass is 16.2. The van der Waals surface area contributed by atoms with Crippen LogP contribution in [0.2, 0.25) is 0 Å². The van der Waals surface area contributed by atoms with Crippen LogP contribution in [0, 0.1) is 0 Å². The van der Waals surface area contributed by atoms with Crippen molar-refractivity contribution < 1.29 is 9.59 Å². The lowest BCUT2D eigenvalue weighted by atomic mass is 10.2. The van der Waals surface area contributed by atoms with Crippen molar-refractivity contribution in [1.29, 1.82) is 0 Å². The summed E-state index contributed by atoms with van der Waals surface area (Å²) in [5, 5.41) is 9.43. The van der Waals surface area contributed by atoms with E-state index in [1.54, 1.807) is 25.4 Å². The third-order valence-corrected chi connectivity index (χ3v) is 2.80. The first-order chi connectivity index (χ1) is 9.95. The molecule has 2 aromatic rings. The molecule has 0 saturated heterocycles. The Hall–Kier alpha value is -2.83. The van der Waals surface area contributed by atoms with Crippen LogP contribution < -0.4 is 16.4 Å². The second kappa shape index (κ2) is 6.08. The smallest absolute Gasteiger partial charge is 0.274 e. The van der Waals surface area contributed by atoms with E-state index in [-0.39, 0.29) is 17.5 Å². The standard InChI is InChI=1S/C14H17N5O2/c1-9(20)17-11-5-3-10(4-6-11)7-16-14(21)13-12(15)8-19(2)18-13/h3-6,8H,7,15H2,1-2H3,(H,16,21)(H,17,20). The van der Waals surface area contributed by atoms with E-state index in [1.165, 1.54) is 11.6 Å². The first kappa shape index (κ1) is 14.6. The van der Waals surface area contributed by atoms with Crippen LogP contribution in [-0.2, 0) is 18.4 Å². The number of amides is 2. The summed E-state index contributed by atoms with van der Waals surface area (Å²) < 4.78 is 1.49. The lowest BCUT2D eigenvalue weighted by Crippen LogP contribution is -2.24. The Morgan fingerprint density at radius 1 is 1.29 bits per heavy atom. The first-order valence-corrected chi connectivity index (χ1v) is 6.39. The van der Waals surface area contributed by atoms with Gasteiger partial charge in [-0.3, -0.25) is 14.3 Å². The number of aromatic nitrogens is 2. The van der Waals surface area contributed by atoms with Gasteiger partial charge in [0.2, 0.25) is 5.91 Å². The van der Waals surface area contributed by atoms with Gasteiger partial charge in [-0.2, -0.15) is 5.10 Å². The maximum atomic E-state index is 11.9. The van der Waals surface area contributed by atoms with Crippen LogP contribution in [0.15, 0.2) is 30.5 Å². The summed E-state index contributed by atoms with van der Waals surface area (Å²) >= 11 is 0. The van der Waals surface area contributed by atoms with Gasteiger partial charge in [0.25, 0.3) is 5.91 Å². The van der Waals surface area contributed by atoms with Gasteiger partial charge in [0.1, 0.15) is 0 Å². The Labute approximate surface area is 122 Å². The molecule has 1 heterocycles. The van der Waals surface area contributed by atoms with E-state index < -0.39 is 0 Å². The highest BCUT2D eigenvalue weighted by Crippen LogP contribution is 2.11. The number of rotatable bonds is 4. The SMILES string of the molecule is CC(=O)Nc1ccc(CNC(=O)c2nn(C)cc2N)cc1. The van der Waals surface area contributed by atoms with Gasteiger partial charge >= 0.3 is 0 Å². The first-order valence-electron chi connectivity index (χ1n) is 6.39. The Bertz CT molecular complexity index is 661. The van der Waals surface area contributed by atoms with E-state index in [0.29, 0.717) is 17.9 Å². The number of nitrogens with two attached hydrogens (primary N) is 1. The molecule has 0 bridgehead atoms. The maximum Gasteiger partial charge on any atom is 0.274 e. The highest BCUT2D eigenvalue weighted by Gasteiger charge is 2.13. The van der Waals surface area contributed by atoms with Gasteiger partial charge in [0.15, 0.2) is 5.69 Å². The number of benzene rings is 1. The molecule has 0 aliphatic rings. The minimum atomic E-state index is -0.320. The summed E-state index contributed by atoms with van der Waals surface area (Å²) in [4.78, 5) is 22.9. The second-order valence-corrected chi connectivity index (χ2v) is 4.67. The van der Waals surface area contributed by atoms with Crippen LogP contribution in [0.1, 0.15) is 23.0 Å². The Kier molecular flexibility index (Phi) is 4.22. The zero-order chi connectivity index (χ0) is 15.4. The van der Waals surface area contributed by atoms with Crippen molar-refractivity contribution in [2.75, 3.05) is 11.1 Å². The maximum absolute atomic E-state index is 11.9. The van der Waals surface area contributed by atoms with Crippen LogP contribution in [0.4, 0.5) is 11.4 Å². The normalized spacial score (nSPS) is 10.2. The van der Waals surface area contributed by atoms with Crippen LogP contribution >= 0.6 is 0 Å². The van der Waals surface area contributed by atoms with Gasteiger partial charge in [0, 0.05) is 32.4 Å². The van der Waals surface area contributed by atoms with E-state index in [1.807, 2.05) is 12.1 Å². The minimum Gasteiger partial charge on any atom is -0.396 e. The number of nitrogens with one attached hydrogen (secondary N) is 2. The van der Waals surface area contributed by atoms with Crippen LogP contribution in [0.25, 0.3) is 0 Å². The van der Waals surface area contributed by atoms with Gasteiger partial charge in [0.05, 0.1) is 5.69 Å². The van der Waals surface area contributed by atoms with Gasteiger partial charge < -0.3 is 16.4 Å². The van der Waals surface area contributed by atoms with Gasteiger partial charge in [-0.1, -0.05) is 12.1 Å². The molecule has 1 aromatic carbocycles. The minimum absolute atomic E-state index is 0.123. The lowest BCUT2D eigenvalue weighted by molar-refractivity contribution is -0.114. The van der Waals surface area contributed by atoms with Crippen molar-refractivity contribution >= 4 is 23.2 Å². The molecule has 0 fully saturated rings. The summed E-state index contributed by atoms with van der Waals surface area (Å²) in [6.45, 7) is 1.81. The molecule has 7 heteroatoms. The zero-order valence-corrected chi connectivity index (χ0v) is 11.9. The number of carbonyl (C=O) groups excluding carboxylic acids is 2. The van der Waals surface area contributed by atoms with Gasteiger partial charge in [-0.05, 0) is 17.7 Å². The molecule has 0 spiro atoms. The van der Waals surface area contributed by atoms with Gasteiger partial charge in [-0.25, -0.2) is 0 Å². The fourth-order valence-corrected chi connectivity index (χ4v) is 1.86. The largest absolute Gasteiger partial charge is 0.396 e. The third kappa shape index (κ3) is 3.82. The highest BCUT2D eigenvalue weighted by molar-refractivity contribution is 5.97. The summed E-state index contributed by atoms with van der Waals surface area (Å²) in [7, 11) is 1.70. The molecule has 0 saturated carbocycles. The Balaban J connectivity index is 1.95. The monoisotopic (exact) mass is 287 g/mol. The van der Waals surface area contributed by atoms with Crippen molar-refractivity contribution in [3.05, 3.63) is 41.7 Å². The molecule has 4 N–H and O–H groups in total. The predicted molar refractivity (Wildman–Crippen MR) is 79.5 cm³/mol. The molecule has 1 aromatic heterocycles. The number of anilines is 2. The average Bonchev–Trinajstić information content (AvgIpc) is 2.76. The lowest BCUT2D eigenvalue weighted by Gasteiger charge is -2.06. The number of carbonyl (C=O) groups is 2. The number of nitrogen functional groups attached to an aromatic ring is 1. The molecule has 2 amide bonds. The summed E-state index contributed by atoms with van der Waals surface area (Å²) in [5.74, 6) is -0.444. The molecule has 0 unspecified atom stereocenters. The van der Waals surface area contributed by atoms with Crippen LogP contribution in [-0.4, -0.2) is 21.6 Å². The molecular formula is C14H17N5O2. The molecule has 0 radical (unpaired) electrons. The summed E-state index contributed by atoms with van der Waals surface area (Å²) in [6.07, 6.45) is 1.58. The van der Waals surface area contributed by atoms with Gasteiger partial charge in [-0.15, -0.1) is 0 Å². The topological polar surface area (TPSA) is 102 Å². The molecule has 7 nitrogen and oxygen atoms in total. The van der Waals surface area contributed by atoms with E-state index >= 15 is 0 Å². The quantitative estimate of drug-likeness (QED) is 0.777. The molecule has 0 atom stereocenters. The average molecular weight is 287 g/mol. The van der Waals surface area contributed by atoms with Crippen molar-refractivity contribution in [2.24, 2.45) is 7.05 Å². The number of hydrogen-bond donors (Lipinski definition) is 3. The number of nitrogens with zero attached hydrogens (tertiary/aromatic N) is 2. The van der Waals surface area contributed by atoms with Crippen LogP contribution in [0.5, 0.6) is 0 Å². The Morgan fingerprint density at radius 3 is 2.48 bits per heavy atom. The fourth-order valence-electron chi connectivity index (χ4n) is 1.86. The molecule has 0 aliphatic carbocycles. The fraction of sp³-hybridized carbons (Fsp3) is 0.214. The van der Waals surface area contributed by atoms with E-state index in [2.05, 4.69) is 15.7 Å². The molecule has 21 heavy (non-hydrogen) atoms. The van der Waals surface area contributed by atoms with E-state index in [0.717, 1.165) is 5.56 Å². The number of hydrogen-bond acceptors (Lipinski definition) is 4. The van der Waals surface area contributed by atoms with Crippen molar-refractivity contribution in [3.63, 3.8) is 0 Å². The van der Waals surface area contributed by atoms with Crippen LogP contribution in [0.3, 0.4) is 0 Å². The molecular weight excluding hydrogens is 270 g/mol. The molecule has 0 aliphatic heterocycles. The van der Waals surface area contributed by atoms with Crippen molar-refractivity contribution in [3.8, 4) is 0 Å². The summed E-state index contributed by atoms with van der Waals surface area (Å²) in [5.41, 5.74) is 7.88. The Morgan fingerprint density at radius 2 is 1.95 bits per heavy atom. The summed E-state index contributed by atoms with van der Waals surface area (Å²) in [6, 6.07) is 7.21. The second-order valence-electron chi connectivity index (χ2n) is 4.67. The number of aryl methyl sites for hydroxylation is 1.